The predicted molar refractivity (Wildman–Crippen MR) is 125 cm³/mol. The van der Waals surface area contributed by atoms with Gasteiger partial charge < -0.3 is 15.0 Å². The maximum atomic E-state index is 13.1. The first-order chi connectivity index (χ1) is 15.0. The molecule has 0 aliphatic heterocycles. The number of hydrogen-bond acceptors (Lipinski definition) is 3. The van der Waals surface area contributed by atoms with E-state index in [9.17, 15) is 9.59 Å². The molecule has 0 aromatic heterocycles. The Morgan fingerprint density at radius 1 is 0.935 bits per heavy atom. The maximum Gasteiger partial charge on any atom is 0.261 e. The third-order valence-corrected chi connectivity index (χ3v) is 5.57. The number of hydrogen-bond donors (Lipinski definition) is 1. The molecule has 2 amide bonds. The van der Waals surface area contributed by atoms with Crippen molar-refractivity contribution in [3.8, 4) is 5.75 Å². The molecule has 2 aromatic carbocycles. The molecule has 31 heavy (non-hydrogen) atoms. The van der Waals surface area contributed by atoms with Crippen molar-refractivity contribution < 1.29 is 14.3 Å². The van der Waals surface area contributed by atoms with E-state index >= 15 is 0 Å². The highest BCUT2D eigenvalue weighted by atomic mass is 16.5. The van der Waals surface area contributed by atoms with E-state index in [0.717, 1.165) is 18.4 Å². The second kappa shape index (κ2) is 12.8. The highest BCUT2D eigenvalue weighted by Gasteiger charge is 2.29. The van der Waals surface area contributed by atoms with Crippen LogP contribution in [0.5, 0.6) is 5.75 Å². The number of amides is 2. The van der Waals surface area contributed by atoms with Crippen LogP contribution in [0.1, 0.15) is 51.7 Å². The molecule has 0 saturated carbocycles. The average Bonchev–Trinajstić information content (AvgIpc) is 2.80. The predicted octanol–water partition coefficient (Wildman–Crippen LogP) is 4.39. The first kappa shape index (κ1) is 24.4. The lowest BCUT2D eigenvalue weighted by Gasteiger charge is -2.31. The van der Waals surface area contributed by atoms with Gasteiger partial charge in [0.05, 0.1) is 0 Å². The highest BCUT2D eigenvalue weighted by molar-refractivity contribution is 5.88. The van der Waals surface area contributed by atoms with E-state index in [1.165, 1.54) is 5.56 Å². The van der Waals surface area contributed by atoms with Crippen molar-refractivity contribution in [2.75, 3.05) is 13.2 Å². The van der Waals surface area contributed by atoms with Crippen LogP contribution in [0.15, 0.2) is 54.6 Å². The van der Waals surface area contributed by atoms with Crippen molar-refractivity contribution in [2.24, 2.45) is 0 Å². The number of nitrogens with one attached hydrogen (secondary N) is 1. The minimum absolute atomic E-state index is 0.0703. The van der Waals surface area contributed by atoms with Gasteiger partial charge >= 0.3 is 0 Å². The van der Waals surface area contributed by atoms with Gasteiger partial charge in [-0.05, 0) is 55.9 Å². The number of nitrogens with zero attached hydrogens (tertiary/aromatic N) is 1. The fourth-order valence-electron chi connectivity index (χ4n) is 3.39. The minimum atomic E-state index is -0.517. The van der Waals surface area contributed by atoms with Gasteiger partial charge in [0, 0.05) is 12.6 Å². The smallest absolute Gasteiger partial charge is 0.261 e. The molecule has 2 rings (SSSR count). The molecule has 2 aromatic rings. The Kier molecular flexibility index (Phi) is 10.1. The fraction of sp³-hybridized carbons (Fsp3) is 0.462. The molecule has 0 heterocycles. The number of carbonyl (C=O) groups excluding carboxylic acids is 2. The second-order valence-corrected chi connectivity index (χ2v) is 7.85. The van der Waals surface area contributed by atoms with Crippen LogP contribution in [0.3, 0.4) is 0 Å². The third-order valence-electron chi connectivity index (χ3n) is 5.57. The van der Waals surface area contributed by atoms with Crippen molar-refractivity contribution in [2.45, 2.75) is 65.5 Å². The molecular formula is C26H36N2O3. The van der Waals surface area contributed by atoms with Crippen molar-refractivity contribution in [1.29, 1.82) is 0 Å². The minimum Gasteiger partial charge on any atom is -0.484 e. The Morgan fingerprint density at radius 3 is 2.19 bits per heavy atom. The SMILES string of the molecule is CCc1ccc(OCC(=O)N(CCc2ccccc2)[C@@H](CC)C(=O)N[C@H](C)CC)cc1. The summed E-state index contributed by atoms with van der Waals surface area (Å²) in [5.74, 6) is 0.373. The number of carbonyl (C=O) groups is 2. The van der Waals surface area contributed by atoms with E-state index in [-0.39, 0.29) is 24.5 Å². The molecule has 0 aliphatic rings. The van der Waals surface area contributed by atoms with E-state index in [1.807, 2.05) is 75.4 Å². The van der Waals surface area contributed by atoms with E-state index in [4.69, 9.17) is 4.74 Å². The third kappa shape index (κ3) is 7.74. The Balaban J connectivity index is 2.11. The first-order valence-electron chi connectivity index (χ1n) is 11.3. The lowest BCUT2D eigenvalue weighted by atomic mass is 10.1. The van der Waals surface area contributed by atoms with Crippen LogP contribution >= 0.6 is 0 Å². The average molecular weight is 425 g/mol. The Morgan fingerprint density at radius 2 is 1.61 bits per heavy atom. The molecule has 5 heteroatoms. The van der Waals surface area contributed by atoms with Crippen LogP contribution in [0.4, 0.5) is 0 Å². The monoisotopic (exact) mass is 424 g/mol. The molecule has 0 radical (unpaired) electrons. The fourth-order valence-corrected chi connectivity index (χ4v) is 3.39. The number of aryl methyl sites for hydroxylation is 1. The van der Waals surface area contributed by atoms with Gasteiger partial charge in [-0.1, -0.05) is 63.2 Å². The summed E-state index contributed by atoms with van der Waals surface area (Å²) in [6.45, 7) is 8.42. The van der Waals surface area contributed by atoms with Gasteiger partial charge in [0.25, 0.3) is 5.91 Å². The zero-order chi connectivity index (χ0) is 22.6. The molecule has 1 N–H and O–H groups in total. The Hall–Kier alpha value is -2.82. The van der Waals surface area contributed by atoms with E-state index < -0.39 is 6.04 Å². The van der Waals surface area contributed by atoms with Crippen LogP contribution in [-0.2, 0) is 22.4 Å². The summed E-state index contributed by atoms with van der Waals surface area (Å²) in [5.41, 5.74) is 2.35. The van der Waals surface area contributed by atoms with Gasteiger partial charge in [-0.2, -0.15) is 0 Å². The van der Waals surface area contributed by atoms with Gasteiger partial charge in [0.1, 0.15) is 11.8 Å². The van der Waals surface area contributed by atoms with Crippen molar-refractivity contribution in [3.63, 3.8) is 0 Å². The van der Waals surface area contributed by atoms with Crippen molar-refractivity contribution in [1.82, 2.24) is 10.2 Å². The quantitative estimate of drug-likeness (QED) is 0.550. The highest BCUT2D eigenvalue weighted by Crippen LogP contribution is 2.14. The zero-order valence-electron chi connectivity index (χ0n) is 19.3. The summed E-state index contributed by atoms with van der Waals surface area (Å²) in [6, 6.07) is 17.3. The van der Waals surface area contributed by atoms with Crippen LogP contribution in [0, 0.1) is 0 Å². The molecule has 0 spiro atoms. The van der Waals surface area contributed by atoms with Crippen LogP contribution < -0.4 is 10.1 Å². The van der Waals surface area contributed by atoms with Crippen LogP contribution in [-0.4, -0.2) is 41.9 Å². The first-order valence-corrected chi connectivity index (χ1v) is 11.3. The van der Waals surface area contributed by atoms with E-state index in [1.54, 1.807) is 4.90 Å². The van der Waals surface area contributed by atoms with Gasteiger partial charge in [0.2, 0.25) is 5.91 Å². The van der Waals surface area contributed by atoms with Gasteiger partial charge in [-0.25, -0.2) is 0 Å². The molecule has 0 saturated heterocycles. The normalized spacial score (nSPS) is 12.6. The lowest BCUT2D eigenvalue weighted by Crippen LogP contribution is -2.52. The van der Waals surface area contributed by atoms with Crippen molar-refractivity contribution in [3.05, 3.63) is 65.7 Å². The van der Waals surface area contributed by atoms with Gasteiger partial charge in [0.15, 0.2) is 6.61 Å². The van der Waals surface area contributed by atoms with Crippen LogP contribution in [0.25, 0.3) is 0 Å². The molecule has 0 unspecified atom stereocenters. The maximum absolute atomic E-state index is 13.1. The topological polar surface area (TPSA) is 58.6 Å². The Bertz CT molecular complexity index is 805. The summed E-state index contributed by atoms with van der Waals surface area (Å²) in [4.78, 5) is 27.7. The summed E-state index contributed by atoms with van der Waals surface area (Å²) >= 11 is 0. The molecule has 0 bridgehead atoms. The summed E-state index contributed by atoms with van der Waals surface area (Å²) in [7, 11) is 0. The molecule has 0 aliphatic carbocycles. The summed E-state index contributed by atoms with van der Waals surface area (Å²) in [6.07, 6.45) is 3.03. The van der Waals surface area contributed by atoms with E-state index in [0.29, 0.717) is 25.1 Å². The summed E-state index contributed by atoms with van der Waals surface area (Å²) < 4.78 is 5.75. The number of rotatable bonds is 12. The number of benzene rings is 2. The largest absolute Gasteiger partial charge is 0.484 e. The number of ether oxygens (including phenoxy) is 1. The summed E-state index contributed by atoms with van der Waals surface area (Å²) in [5, 5.41) is 3.03. The van der Waals surface area contributed by atoms with E-state index in [2.05, 4.69) is 12.2 Å². The lowest BCUT2D eigenvalue weighted by molar-refractivity contribution is -0.142. The standard InChI is InChI=1S/C26H36N2O3/c1-5-20(4)27-26(30)24(7-3)28(18-17-22-11-9-8-10-12-22)25(29)19-31-23-15-13-21(6-2)14-16-23/h8-16,20,24H,5-7,17-19H2,1-4H3,(H,27,30)/t20-,24+/m1/s1. The molecule has 168 valence electrons. The zero-order valence-corrected chi connectivity index (χ0v) is 19.3. The van der Waals surface area contributed by atoms with Gasteiger partial charge in [-0.15, -0.1) is 0 Å². The molecule has 0 fully saturated rings. The second-order valence-electron chi connectivity index (χ2n) is 7.85. The van der Waals surface area contributed by atoms with Crippen LogP contribution in [0.2, 0.25) is 0 Å². The van der Waals surface area contributed by atoms with Gasteiger partial charge in [-0.3, -0.25) is 9.59 Å². The molecule has 2 atom stereocenters. The Labute approximate surface area is 186 Å². The molecule has 5 nitrogen and oxygen atoms in total. The van der Waals surface area contributed by atoms with Crippen molar-refractivity contribution >= 4 is 11.8 Å². The molecular weight excluding hydrogens is 388 g/mol.